The highest BCUT2D eigenvalue weighted by atomic mass is 16.5. The predicted molar refractivity (Wildman–Crippen MR) is 74.9 cm³/mol. The van der Waals surface area contributed by atoms with Gasteiger partial charge in [-0.25, -0.2) is 4.79 Å². The molecule has 2 aromatic carbocycles. The van der Waals surface area contributed by atoms with Crippen molar-refractivity contribution in [2.24, 2.45) is 0 Å². The zero-order chi connectivity index (χ0) is 13.1. The van der Waals surface area contributed by atoms with E-state index in [1.807, 2.05) is 66.7 Å². The van der Waals surface area contributed by atoms with Gasteiger partial charge in [-0.3, -0.25) is 0 Å². The molecule has 0 bridgehead atoms. The molecule has 19 heavy (non-hydrogen) atoms. The SMILES string of the molecule is O=C1OC(c2ccccc2)=C/C1=C\c1ccccc1. The summed E-state index contributed by atoms with van der Waals surface area (Å²) in [5.74, 6) is 0.301. The molecule has 1 aliphatic heterocycles. The van der Waals surface area contributed by atoms with Crippen molar-refractivity contribution in [3.8, 4) is 0 Å². The maximum Gasteiger partial charge on any atom is 0.343 e. The summed E-state index contributed by atoms with van der Waals surface area (Å²) < 4.78 is 5.29. The molecule has 92 valence electrons. The maximum atomic E-state index is 11.8. The largest absolute Gasteiger partial charge is 0.422 e. The van der Waals surface area contributed by atoms with Gasteiger partial charge in [0.25, 0.3) is 0 Å². The van der Waals surface area contributed by atoms with Crippen molar-refractivity contribution >= 4 is 17.8 Å². The number of carbonyl (C=O) groups is 1. The van der Waals surface area contributed by atoms with E-state index in [0.29, 0.717) is 11.3 Å². The summed E-state index contributed by atoms with van der Waals surface area (Å²) in [7, 11) is 0. The molecule has 1 aliphatic rings. The highest BCUT2D eigenvalue weighted by Crippen LogP contribution is 2.27. The molecule has 0 saturated heterocycles. The normalized spacial score (nSPS) is 16.3. The van der Waals surface area contributed by atoms with E-state index in [1.54, 1.807) is 6.08 Å². The smallest absolute Gasteiger partial charge is 0.343 e. The summed E-state index contributed by atoms with van der Waals surface area (Å²) in [6.45, 7) is 0. The van der Waals surface area contributed by atoms with Gasteiger partial charge in [-0.2, -0.15) is 0 Å². The van der Waals surface area contributed by atoms with Crippen molar-refractivity contribution in [1.82, 2.24) is 0 Å². The Morgan fingerprint density at radius 2 is 1.47 bits per heavy atom. The quantitative estimate of drug-likeness (QED) is 0.598. The summed E-state index contributed by atoms with van der Waals surface area (Å²) in [4.78, 5) is 11.8. The molecule has 2 aromatic rings. The van der Waals surface area contributed by atoms with Crippen molar-refractivity contribution in [3.05, 3.63) is 83.4 Å². The zero-order valence-corrected chi connectivity index (χ0v) is 10.2. The summed E-state index contributed by atoms with van der Waals surface area (Å²) in [6.07, 6.45) is 3.61. The first-order valence-electron chi connectivity index (χ1n) is 6.09. The van der Waals surface area contributed by atoms with Gasteiger partial charge in [0.2, 0.25) is 0 Å². The van der Waals surface area contributed by atoms with Crippen LogP contribution in [0.1, 0.15) is 11.1 Å². The number of ether oxygens (including phenoxy) is 1. The van der Waals surface area contributed by atoms with E-state index in [4.69, 9.17) is 4.74 Å². The van der Waals surface area contributed by atoms with Gasteiger partial charge in [0.15, 0.2) is 0 Å². The van der Waals surface area contributed by atoms with Crippen LogP contribution in [0, 0.1) is 0 Å². The van der Waals surface area contributed by atoms with Crippen LogP contribution in [0.5, 0.6) is 0 Å². The molecule has 0 radical (unpaired) electrons. The van der Waals surface area contributed by atoms with E-state index < -0.39 is 0 Å². The molecule has 1 heterocycles. The van der Waals surface area contributed by atoms with E-state index in [0.717, 1.165) is 11.1 Å². The van der Waals surface area contributed by atoms with E-state index in [2.05, 4.69) is 0 Å². The lowest BCUT2D eigenvalue weighted by Gasteiger charge is -1.99. The topological polar surface area (TPSA) is 26.3 Å². The molecule has 0 aliphatic carbocycles. The first-order chi connectivity index (χ1) is 9.33. The molecular formula is C17H12O2. The Hall–Kier alpha value is -2.61. The van der Waals surface area contributed by atoms with E-state index in [-0.39, 0.29) is 5.97 Å². The van der Waals surface area contributed by atoms with Gasteiger partial charge < -0.3 is 4.74 Å². The van der Waals surface area contributed by atoms with Crippen molar-refractivity contribution in [2.45, 2.75) is 0 Å². The number of rotatable bonds is 2. The molecule has 3 rings (SSSR count). The maximum absolute atomic E-state index is 11.8. The van der Waals surface area contributed by atoms with Crippen LogP contribution in [0.15, 0.2) is 72.3 Å². The first kappa shape index (κ1) is 11.5. The van der Waals surface area contributed by atoms with Gasteiger partial charge >= 0.3 is 5.97 Å². The van der Waals surface area contributed by atoms with E-state index in [1.165, 1.54) is 0 Å². The lowest BCUT2D eigenvalue weighted by atomic mass is 10.1. The molecule has 0 unspecified atom stereocenters. The van der Waals surface area contributed by atoms with Gasteiger partial charge in [-0.15, -0.1) is 0 Å². The number of esters is 1. The van der Waals surface area contributed by atoms with Crippen LogP contribution < -0.4 is 0 Å². The van der Waals surface area contributed by atoms with Gasteiger partial charge in [-0.1, -0.05) is 60.7 Å². The van der Waals surface area contributed by atoms with Crippen LogP contribution in [0.4, 0.5) is 0 Å². The van der Waals surface area contributed by atoms with Crippen molar-refractivity contribution < 1.29 is 9.53 Å². The van der Waals surface area contributed by atoms with Crippen LogP contribution in [0.3, 0.4) is 0 Å². The average molecular weight is 248 g/mol. The average Bonchev–Trinajstić information content (AvgIpc) is 2.82. The Kier molecular flexibility index (Phi) is 2.99. The van der Waals surface area contributed by atoms with Crippen molar-refractivity contribution in [1.29, 1.82) is 0 Å². The minimum absolute atomic E-state index is 0.303. The highest BCUT2D eigenvalue weighted by molar-refractivity contribution is 6.05. The Morgan fingerprint density at radius 3 is 2.16 bits per heavy atom. The van der Waals surface area contributed by atoms with Crippen LogP contribution in [-0.2, 0) is 9.53 Å². The van der Waals surface area contributed by atoms with Crippen LogP contribution in [-0.4, -0.2) is 5.97 Å². The second-order valence-corrected chi connectivity index (χ2v) is 4.27. The molecule has 0 aromatic heterocycles. The number of hydrogen-bond donors (Lipinski definition) is 0. The van der Waals surface area contributed by atoms with Gasteiger partial charge in [0, 0.05) is 5.56 Å². The summed E-state index contributed by atoms with van der Waals surface area (Å²) in [5, 5.41) is 0. The highest BCUT2D eigenvalue weighted by Gasteiger charge is 2.21. The Balaban J connectivity index is 1.94. The van der Waals surface area contributed by atoms with Crippen molar-refractivity contribution in [2.75, 3.05) is 0 Å². The first-order valence-corrected chi connectivity index (χ1v) is 6.09. The number of cyclic esters (lactones) is 1. The number of benzene rings is 2. The van der Waals surface area contributed by atoms with E-state index >= 15 is 0 Å². The van der Waals surface area contributed by atoms with E-state index in [9.17, 15) is 4.79 Å². The molecule has 2 heteroatoms. The standard InChI is InChI=1S/C17H12O2/c18-17-15(11-13-7-3-1-4-8-13)12-16(19-17)14-9-5-2-6-10-14/h1-12H/b15-11+. The molecule has 2 nitrogen and oxygen atoms in total. The fourth-order valence-electron chi connectivity index (χ4n) is 1.96. The molecule has 0 amide bonds. The molecule has 0 N–H and O–H groups in total. The van der Waals surface area contributed by atoms with Crippen LogP contribution in [0.2, 0.25) is 0 Å². The molecule has 0 saturated carbocycles. The molecular weight excluding hydrogens is 236 g/mol. The second-order valence-electron chi connectivity index (χ2n) is 4.27. The summed E-state index contributed by atoms with van der Waals surface area (Å²) in [5.41, 5.74) is 2.47. The van der Waals surface area contributed by atoms with Crippen molar-refractivity contribution in [3.63, 3.8) is 0 Å². The second kappa shape index (κ2) is 4.94. The zero-order valence-electron chi connectivity index (χ0n) is 10.2. The Labute approximate surface area is 111 Å². The predicted octanol–water partition coefficient (Wildman–Crippen LogP) is 3.67. The molecule has 0 atom stereocenters. The third-order valence-electron chi connectivity index (χ3n) is 2.91. The van der Waals surface area contributed by atoms with Crippen LogP contribution in [0.25, 0.3) is 11.8 Å². The fraction of sp³-hybridized carbons (Fsp3) is 0. The Bertz CT molecular complexity index is 652. The third-order valence-corrected chi connectivity index (χ3v) is 2.91. The number of hydrogen-bond acceptors (Lipinski definition) is 2. The monoisotopic (exact) mass is 248 g/mol. The molecule has 0 fully saturated rings. The number of carbonyl (C=O) groups excluding carboxylic acids is 1. The molecule has 0 spiro atoms. The van der Waals surface area contributed by atoms with Gasteiger partial charge in [0.05, 0.1) is 5.57 Å². The fourth-order valence-corrected chi connectivity index (χ4v) is 1.96. The van der Waals surface area contributed by atoms with Gasteiger partial charge in [0.1, 0.15) is 5.76 Å². The Morgan fingerprint density at radius 1 is 0.842 bits per heavy atom. The van der Waals surface area contributed by atoms with Gasteiger partial charge in [-0.05, 0) is 17.7 Å². The summed E-state index contributed by atoms with van der Waals surface area (Å²) >= 11 is 0. The minimum atomic E-state index is -0.303. The third kappa shape index (κ3) is 2.47. The lowest BCUT2D eigenvalue weighted by molar-refractivity contribution is -0.130. The van der Waals surface area contributed by atoms with Crippen LogP contribution >= 0.6 is 0 Å². The lowest BCUT2D eigenvalue weighted by Crippen LogP contribution is -1.96. The minimum Gasteiger partial charge on any atom is -0.422 e. The summed E-state index contributed by atoms with van der Waals surface area (Å²) in [6, 6.07) is 19.3.